The molecule has 0 saturated carbocycles. The van der Waals surface area contributed by atoms with Crippen LogP contribution in [0, 0.1) is 0 Å². The van der Waals surface area contributed by atoms with Crippen LogP contribution in [0.1, 0.15) is 27.7 Å². The average molecular weight is 168 g/mol. The van der Waals surface area contributed by atoms with E-state index in [2.05, 4.69) is 39.6 Å². The molecule has 0 bridgehead atoms. The molecule has 0 saturated heterocycles. The van der Waals surface area contributed by atoms with Crippen LogP contribution in [0.2, 0.25) is 0 Å². The van der Waals surface area contributed by atoms with Crippen molar-refractivity contribution in [1.82, 2.24) is 9.71 Å². The van der Waals surface area contributed by atoms with Crippen LogP contribution in [0.5, 0.6) is 0 Å². The fraction of sp³-hybridized carbons (Fsp3) is 1.00. The molecule has 0 amide bonds. The van der Waals surface area contributed by atoms with Gasteiger partial charge in [-0.05, 0) is 41.8 Å². The van der Waals surface area contributed by atoms with E-state index < -0.39 is 0 Å². The van der Waals surface area contributed by atoms with Gasteiger partial charge in [0.2, 0.25) is 0 Å². The Morgan fingerprint density at radius 3 is 1.58 bits per heavy atom. The molecule has 0 aromatic carbocycles. The largest absolute Gasteiger partial charge is 0.353 e. The molecule has 12 heavy (non-hydrogen) atoms. The van der Waals surface area contributed by atoms with Crippen molar-refractivity contribution in [3.8, 4) is 0 Å². The first kappa shape index (κ1) is 12.0. The highest BCUT2D eigenvalue weighted by atomic mass is 15.2. The monoisotopic (exact) mass is 168 g/mol. The van der Waals surface area contributed by atoms with Crippen molar-refractivity contribution >= 4 is 7.98 Å². The highest BCUT2D eigenvalue weighted by Gasteiger charge is 2.19. The third kappa shape index (κ3) is 3.15. The smallest absolute Gasteiger partial charge is 0.182 e. The maximum Gasteiger partial charge on any atom is 0.182 e. The van der Waals surface area contributed by atoms with Gasteiger partial charge in [0.15, 0.2) is 7.98 Å². The van der Waals surface area contributed by atoms with Gasteiger partial charge >= 0.3 is 0 Å². The Morgan fingerprint density at radius 1 is 0.917 bits per heavy atom. The van der Waals surface area contributed by atoms with Gasteiger partial charge in [-0.25, -0.2) is 0 Å². The van der Waals surface area contributed by atoms with E-state index in [4.69, 9.17) is 7.98 Å². The first-order valence-corrected chi connectivity index (χ1v) is 4.57. The van der Waals surface area contributed by atoms with E-state index >= 15 is 0 Å². The van der Waals surface area contributed by atoms with Crippen molar-refractivity contribution in [3.05, 3.63) is 0 Å². The lowest BCUT2D eigenvalue weighted by atomic mass is 10.1. The molecule has 2 unspecified atom stereocenters. The molecule has 0 aromatic rings. The zero-order chi connectivity index (χ0) is 9.89. The topological polar surface area (TPSA) is 6.48 Å². The number of hydrogen-bond donors (Lipinski definition) is 0. The first-order chi connectivity index (χ1) is 5.37. The summed E-state index contributed by atoms with van der Waals surface area (Å²) in [5, 5.41) is 0. The molecule has 0 rings (SSSR count). The molecular weight excluding hydrogens is 147 g/mol. The second-order valence-electron chi connectivity index (χ2n) is 3.91. The summed E-state index contributed by atoms with van der Waals surface area (Å²) in [5.41, 5.74) is 0. The van der Waals surface area contributed by atoms with E-state index in [-0.39, 0.29) is 0 Å². The van der Waals surface area contributed by atoms with E-state index in [9.17, 15) is 0 Å². The van der Waals surface area contributed by atoms with Crippen LogP contribution in [0.15, 0.2) is 0 Å². The van der Waals surface area contributed by atoms with E-state index in [0.29, 0.717) is 18.1 Å². The molecule has 0 aliphatic rings. The van der Waals surface area contributed by atoms with Gasteiger partial charge in [-0.15, -0.1) is 0 Å². The zero-order valence-electron chi connectivity index (χ0n) is 9.20. The second kappa shape index (κ2) is 4.88. The molecule has 0 aliphatic heterocycles. The summed E-state index contributed by atoms with van der Waals surface area (Å²) >= 11 is 0. The Bertz CT molecular complexity index is 112. The Labute approximate surface area is 78.4 Å². The molecule has 0 fully saturated rings. The third-order valence-electron chi connectivity index (χ3n) is 2.80. The Balaban J connectivity index is 4.08. The predicted molar refractivity (Wildman–Crippen MR) is 55.3 cm³/mol. The van der Waals surface area contributed by atoms with Gasteiger partial charge in [0, 0.05) is 18.1 Å². The molecule has 0 heterocycles. The molecular formula is C9H21BN2. The Hall–Kier alpha value is -0.0151. The minimum absolute atomic E-state index is 0.386. The van der Waals surface area contributed by atoms with Crippen LogP contribution in [0.25, 0.3) is 0 Å². The van der Waals surface area contributed by atoms with Crippen molar-refractivity contribution < 1.29 is 0 Å². The maximum absolute atomic E-state index is 5.68. The van der Waals surface area contributed by atoms with Crippen molar-refractivity contribution in [3.63, 3.8) is 0 Å². The maximum atomic E-state index is 5.68. The molecule has 70 valence electrons. The normalized spacial score (nSPS) is 17.4. The minimum atomic E-state index is 0.386. The van der Waals surface area contributed by atoms with Crippen LogP contribution >= 0.6 is 0 Å². The molecule has 0 aromatic heterocycles. The van der Waals surface area contributed by atoms with E-state index in [1.165, 1.54) is 0 Å². The summed E-state index contributed by atoms with van der Waals surface area (Å²) in [6.45, 7) is 8.73. The Kier molecular flexibility index (Phi) is 4.87. The summed E-state index contributed by atoms with van der Waals surface area (Å²) in [6.07, 6.45) is 0. The molecule has 2 radical (unpaired) electrons. The van der Waals surface area contributed by atoms with Crippen LogP contribution < -0.4 is 0 Å². The van der Waals surface area contributed by atoms with Gasteiger partial charge in [0.1, 0.15) is 0 Å². The highest BCUT2D eigenvalue weighted by Crippen LogP contribution is 2.08. The Morgan fingerprint density at radius 2 is 1.33 bits per heavy atom. The molecule has 0 N–H and O–H groups in total. The molecule has 2 nitrogen and oxygen atoms in total. The SMILES string of the molecule is [B]N(C)C(C)C(C)N(C)C(C)C. The fourth-order valence-corrected chi connectivity index (χ4v) is 1.15. The van der Waals surface area contributed by atoms with E-state index in [1.54, 1.807) is 4.81 Å². The number of nitrogens with zero attached hydrogens (tertiary/aromatic N) is 2. The molecule has 0 aliphatic carbocycles. The highest BCUT2D eigenvalue weighted by molar-refractivity contribution is 6.04. The van der Waals surface area contributed by atoms with Crippen LogP contribution in [-0.4, -0.2) is 49.9 Å². The van der Waals surface area contributed by atoms with Gasteiger partial charge in [0.05, 0.1) is 0 Å². The molecule has 2 atom stereocenters. The third-order valence-corrected chi connectivity index (χ3v) is 2.80. The standard InChI is InChI=1S/C9H21BN2/c1-7(2)11(5)8(3)9(4)12(6)10/h7-9H,1-6H3. The molecule has 0 spiro atoms. The van der Waals surface area contributed by atoms with Crippen LogP contribution in [-0.2, 0) is 0 Å². The van der Waals surface area contributed by atoms with Crippen LogP contribution in [0.4, 0.5) is 0 Å². The number of hydrogen-bond acceptors (Lipinski definition) is 2. The summed E-state index contributed by atoms with van der Waals surface area (Å²) in [7, 11) is 9.73. The zero-order valence-corrected chi connectivity index (χ0v) is 9.20. The minimum Gasteiger partial charge on any atom is -0.353 e. The number of rotatable bonds is 4. The van der Waals surface area contributed by atoms with Gasteiger partial charge in [-0.1, -0.05) is 0 Å². The first-order valence-electron chi connectivity index (χ1n) is 4.57. The summed E-state index contributed by atoms with van der Waals surface area (Å²) in [6, 6.07) is 1.44. The quantitative estimate of drug-likeness (QED) is 0.580. The average Bonchev–Trinajstić information content (AvgIpc) is 2.00. The molecule has 3 heteroatoms. The van der Waals surface area contributed by atoms with Crippen LogP contribution in [0.3, 0.4) is 0 Å². The second-order valence-corrected chi connectivity index (χ2v) is 3.91. The summed E-state index contributed by atoms with van der Waals surface area (Å²) in [4.78, 5) is 4.09. The van der Waals surface area contributed by atoms with Crippen molar-refractivity contribution in [2.24, 2.45) is 0 Å². The lowest BCUT2D eigenvalue weighted by Gasteiger charge is -2.36. The summed E-state index contributed by atoms with van der Waals surface area (Å²) < 4.78 is 0. The lowest BCUT2D eigenvalue weighted by Crippen LogP contribution is -2.47. The van der Waals surface area contributed by atoms with Gasteiger partial charge in [-0.3, -0.25) is 4.90 Å². The van der Waals surface area contributed by atoms with E-state index in [0.717, 1.165) is 0 Å². The van der Waals surface area contributed by atoms with Crippen molar-refractivity contribution in [2.45, 2.75) is 45.8 Å². The van der Waals surface area contributed by atoms with Gasteiger partial charge in [0.25, 0.3) is 0 Å². The number of likely N-dealkylation sites (N-methyl/N-ethyl adjacent to an activating group) is 2. The van der Waals surface area contributed by atoms with Gasteiger partial charge in [-0.2, -0.15) is 0 Å². The van der Waals surface area contributed by atoms with E-state index in [1.807, 2.05) is 7.05 Å². The van der Waals surface area contributed by atoms with Crippen molar-refractivity contribution in [1.29, 1.82) is 0 Å². The lowest BCUT2D eigenvalue weighted by molar-refractivity contribution is 0.150. The summed E-state index contributed by atoms with van der Waals surface area (Å²) in [5.74, 6) is 0. The fourth-order valence-electron chi connectivity index (χ4n) is 1.15. The predicted octanol–water partition coefficient (Wildman–Crippen LogP) is 1.12. The van der Waals surface area contributed by atoms with Gasteiger partial charge < -0.3 is 4.81 Å². The van der Waals surface area contributed by atoms with Crippen molar-refractivity contribution in [2.75, 3.05) is 14.1 Å².